The van der Waals surface area contributed by atoms with Crippen molar-refractivity contribution in [1.82, 2.24) is 4.90 Å². The maximum absolute atomic E-state index is 3.48. The van der Waals surface area contributed by atoms with E-state index >= 15 is 0 Å². The molecule has 18 heavy (non-hydrogen) atoms. The lowest BCUT2D eigenvalue weighted by Gasteiger charge is -2.35. The Morgan fingerprint density at radius 2 is 2.00 bits per heavy atom. The van der Waals surface area contributed by atoms with E-state index in [0.717, 1.165) is 24.9 Å². The van der Waals surface area contributed by atoms with Crippen LogP contribution < -0.4 is 5.32 Å². The summed E-state index contributed by atoms with van der Waals surface area (Å²) in [7, 11) is 0. The summed E-state index contributed by atoms with van der Waals surface area (Å²) >= 11 is 0. The predicted octanol–water partition coefficient (Wildman–Crippen LogP) is 3.13. The van der Waals surface area contributed by atoms with E-state index in [2.05, 4.69) is 42.3 Å². The molecule has 2 atom stereocenters. The molecule has 0 aliphatic carbocycles. The third-order valence-electron chi connectivity index (χ3n) is 4.23. The molecule has 2 nitrogen and oxygen atoms in total. The molecule has 98 valence electrons. The van der Waals surface area contributed by atoms with Gasteiger partial charge in [-0.1, -0.05) is 26.0 Å². The van der Waals surface area contributed by atoms with Crippen LogP contribution in [0.3, 0.4) is 0 Å². The molecule has 2 aliphatic heterocycles. The molecule has 0 aromatic heterocycles. The summed E-state index contributed by atoms with van der Waals surface area (Å²) < 4.78 is 0. The second-order valence-electron chi connectivity index (χ2n) is 6.31. The van der Waals surface area contributed by atoms with Crippen LogP contribution in [0.15, 0.2) is 18.2 Å². The van der Waals surface area contributed by atoms with Crippen molar-refractivity contribution >= 4 is 5.69 Å². The molecular formula is C16H24N2. The number of likely N-dealkylation sites (tertiary alicyclic amines) is 1. The number of nitrogens with zero attached hydrogens (tertiary/aromatic N) is 1. The Balaban J connectivity index is 1.69. The number of anilines is 1. The van der Waals surface area contributed by atoms with Gasteiger partial charge in [-0.3, -0.25) is 4.90 Å². The van der Waals surface area contributed by atoms with Gasteiger partial charge in [-0.15, -0.1) is 0 Å². The lowest BCUT2D eigenvalue weighted by atomic mass is 9.91. The smallest absolute Gasteiger partial charge is 0.0376 e. The van der Waals surface area contributed by atoms with Crippen LogP contribution in [0, 0.1) is 11.8 Å². The third kappa shape index (κ3) is 2.54. The fraction of sp³-hybridized carbons (Fsp3) is 0.625. The number of rotatable bonds is 2. The van der Waals surface area contributed by atoms with Gasteiger partial charge in [-0.2, -0.15) is 0 Å². The molecule has 0 amide bonds. The van der Waals surface area contributed by atoms with Crippen molar-refractivity contribution in [3.05, 3.63) is 29.3 Å². The first-order valence-corrected chi connectivity index (χ1v) is 7.29. The van der Waals surface area contributed by atoms with E-state index in [0.29, 0.717) is 0 Å². The van der Waals surface area contributed by atoms with Crippen LogP contribution in [-0.2, 0) is 13.0 Å². The highest BCUT2D eigenvalue weighted by Crippen LogP contribution is 2.26. The lowest BCUT2D eigenvalue weighted by Crippen LogP contribution is -2.38. The quantitative estimate of drug-likeness (QED) is 0.860. The van der Waals surface area contributed by atoms with E-state index in [4.69, 9.17) is 0 Å². The van der Waals surface area contributed by atoms with Crippen molar-refractivity contribution in [2.45, 2.75) is 33.2 Å². The Bertz CT molecular complexity index is 417. The molecule has 1 aromatic carbocycles. The Kier molecular flexibility index (Phi) is 3.29. The van der Waals surface area contributed by atoms with E-state index in [1.807, 2.05) is 0 Å². The minimum atomic E-state index is 0.848. The fourth-order valence-corrected chi connectivity index (χ4v) is 3.62. The molecule has 1 aromatic rings. The number of nitrogens with one attached hydrogen (secondary N) is 1. The van der Waals surface area contributed by atoms with Gasteiger partial charge in [0, 0.05) is 31.9 Å². The Hall–Kier alpha value is -1.02. The highest BCUT2D eigenvalue weighted by atomic mass is 15.1. The van der Waals surface area contributed by atoms with Gasteiger partial charge in [0.05, 0.1) is 0 Å². The summed E-state index contributed by atoms with van der Waals surface area (Å²) in [6.45, 7) is 9.50. The van der Waals surface area contributed by atoms with E-state index in [-0.39, 0.29) is 0 Å². The van der Waals surface area contributed by atoms with Gasteiger partial charge in [0.15, 0.2) is 0 Å². The first-order valence-electron chi connectivity index (χ1n) is 7.29. The normalized spacial score (nSPS) is 27.9. The van der Waals surface area contributed by atoms with Crippen LogP contribution in [0.1, 0.15) is 31.4 Å². The van der Waals surface area contributed by atoms with Crippen molar-refractivity contribution < 1.29 is 0 Å². The van der Waals surface area contributed by atoms with Crippen LogP contribution in [0.2, 0.25) is 0 Å². The monoisotopic (exact) mass is 244 g/mol. The Morgan fingerprint density at radius 3 is 2.78 bits per heavy atom. The summed E-state index contributed by atoms with van der Waals surface area (Å²) in [5.74, 6) is 1.70. The largest absolute Gasteiger partial charge is 0.384 e. The second-order valence-corrected chi connectivity index (χ2v) is 6.31. The first kappa shape index (κ1) is 12.0. The zero-order valence-corrected chi connectivity index (χ0v) is 11.6. The Labute approximate surface area is 110 Å². The third-order valence-corrected chi connectivity index (χ3v) is 4.23. The van der Waals surface area contributed by atoms with Gasteiger partial charge in [0.25, 0.3) is 0 Å². The molecule has 0 radical (unpaired) electrons. The molecule has 3 rings (SSSR count). The predicted molar refractivity (Wildman–Crippen MR) is 76.9 cm³/mol. The molecule has 1 saturated heterocycles. The topological polar surface area (TPSA) is 15.3 Å². The van der Waals surface area contributed by atoms with Gasteiger partial charge in [0.1, 0.15) is 0 Å². The van der Waals surface area contributed by atoms with Crippen molar-refractivity contribution in [3.63, 3.8) is 0 Å². The molecule has 2 unspecified atom stereocenters. The van der Waals surface area contributed by atoms with Crippen LogP contribution in [0.5, 0.6) is 0 Å². The highest BCUT2D eigenvalue weighted by Gasteiger charge is 2.22. The van der Waals surface area contributed by atoms with Crippen LogP contribution in [0.25, 0.3) is 0 Å². The van der Waals surface area contributed by atoms with Crippen molar-refractivity contribution in [2.24, 2.45) is 11.8 Å². The van der Waals surface area contributed by atoms with E-state index in [1.54, 1.807) is 0 Å². The lowest BCUT2D eigenvalue weighted by molar-refractivity contribution is 0.134. The average molecular weight is 244 g/mol. The molecule has 2 heterocycles. The maximum atomic E-state index is 3.48. The number of piperidine rings is 1. The summed E-state index contributed by atoms with van der Waals surface area (Å²) in [5.41, 5.74) is 4.31. The molecular weight excluding hydrogens is 220 g/mol. The molecule has 1 fully saturated rings. The van der Waals surface area contributed by atoms with Crippen LogP contribution in [-0.4, -0.2) is 24.5 Å². The zero-order chi connectivity index (χ0) is 12.5. The summed E-state index contributed by atoms with van der Waals surface area (Å²) in [6.07, 6.45) is 2.58. The van der Waals surface area contributed by atoms with Crippen molar-refractivity contribution in [1.29, 1.82) is 0 Å². The van der Waals surface area contributed by atoms with Crippen molar-refractivity contribution in [3.8, 4) is 0 Å². The van der Waals surface area contributed by atoms with Gasteiger partial charge in [0.2, 0.25) is 0 Å². The fourth-order valence-electron chi connectivity index (χ4n) is 3.62. The second kappa shape index (κ2) is 4.93. The van der Waals surface area contributed by atoms with E-state index in [9.17, 15) is 0 Å². The molecule has 1 N–H and O–H groups in total. The summed E-state index contributed by atoms with van der Waals surface area (Å²) in [5, 5.41) is 3.48. The highest BCUT2D eigenvalue weighted by molar-refractivity contribution is 5.57. The zero-order valence-electron chi connectivity index (χ0n) is 11.6. The van der Waals surface area contributed by atoms with E-state index < -0.39 is 0 Å². The van der Waals surface area contributed by atoms with Crippen LogP contribution in [0.4, 0.5) is 5.69 Å². The van der Waals surface area contributed by atoms with E-state index in [1.165, 1.54) is 42.7 Å². The number of benzene rings is 1. The SMILES string of the molecule is CC1CC(C)CN(Cc2ccc3c(c2)NCC3)C1. The summed E-state index contributed by atoms with van der Waals surface area (Å²) in [6, 6.07) is 6.98. The number of fused-ring (bicyclic) bond motifs is 1. The number of hydrogen-bond donors (Lipinski definition) is 1. The maximum Gasteiger partial charge on any atom is 0.0376 e. The molecule has 0 spiro atoms. The average Bonchev–Trinajstić information content (AvgIpc) is 2.74. The van der Waals surface area contributed by atoms with Gasteiger partial charge >= 0.3 is 0 Å². The number of hydrogen-bond acceptors (Lipinski definition) is 2. The minimum absolute atomic E-state index is 0.848. The molecule has 0 saturated carbocycles. The molecule has 2 aliphatic rings. The van der Waals surface area contributed by atoms with Crippen molar-refractivity contribution in [2.75, 3.05) is 25.0 Å². The first-order chi connectivity index (χ1) is 8.70. The summed E-state index contributed by atoms with van der Waals surface area (Å²) in [4.78, 5) is 2.62. The van der Waals surface area contributed by atoms with Gasteiger partial charge < -0.3 is 5.32 Å². The van der Waals surface area contributed by atoms with Gasteiger partial charge in [-0.25, -0.2) is 0 Å². The standard InChI is InChI=1S/C16H24N2/c1-12-7-13(2)10-18(9-12)11-14-3-4-15-5-6-17-16(15)8-14/h3-4,8,12-13,17H,5-7,9-11H2,1-2H3. The molecule has 0 bridgehead atoms. The Morgan fingerprint density at radius 1 is 1.22 bits per heavy atom. The minimum Gasteiger partial charge on any atom is -0.384 e. The van der Waals surface area contributed by atoms with Crippen LogP contribution >= 0.6 is 0 Å². The molecule has 2 heteroatoms. The van der Waals surface area contributed by atoms with Gasteiger partial charge in [-0.05, 0) is 41.9 Å².